The molecule has 0 N–H and O–H groups in total. The highest BCUT2D eigenvalue weighted by molar-refractivity contribution is 5.80. The highest BCUT2D eigenvalue weighted by Gasteiger charge is 2.22. The van der Waals surface area contributed by atoms with Crippen LogP contribution in [0.4, 0.5) is 0 Å². The van der Waals surface area contributed by atoms with Gasteiger partial charge in [-0.3, -0.25) is 0 Å². The Morgan fingerprint density at radius 3 is 0.661 bits per heavy atom. The fourth-order valence-electron chi connectivity index (χ4n) is 7.76. The summed E-state index contributed by atoms with van der Waals surface area (Å²) in [5.41, 5.74) is 18.1. The largest absolute Gasteiger partial charge is 0.0622 e. The van der Waals surface area contributed by atoms with Crippen molar-refractivity contribution in [2.45, 2.75) is 6.42 Å². The molecule has 0 saturated heterocycles. The number of benzene rings is 9. The molecule has 9 aromatic rings. The molecule has 1 radical (unpaired) electrons. The van der Waals surface area contributed by atoms with Gasteiger partial charge in [-0.2, -0.15) is 0 Å². The summed E-state index contributed by atoms with van der Waals surface area (Å²) in [6.45, 7) is 0. The van der Waals surface area contributed by atoms with Gasteiger partial charge in [0.05, 0.1) is 0 Å². The lowest BCUT2D eigenvalue weighted by molar-refractivity contribution is 1.03. The van der Waals surface area contributed by atoms with Gasteiger partial charge >= 0.3 is 0 Å². The van der Waals surface area contributed by atoms with Crippen LogP contribution in [0.2, 0.25) is 0 Å². The minimum Gasteiger partial charge on any atom is -0.0622 e. The number of hydrogen-bond donors (Lipinski definition) is 0. The minimum absolute atomic E-state index is 0.736. The second kappa shape index (κ2) is 16.1. The third-order valence-electron chi connectivity index (χ3n) is 10.6. The van der Waals surface area contributed by atoms with E-state index in [4.69, 9.17) is 0 Å². The fourth-order valence-corrected chi connectivity index (χ4v) is 7.76. The summed E-state index contributed by atoms with van der Waals surface area (Å²) in [6.07, 6.45) is 0.736. The Kier molecular flexibility index (Phi) is 10.0. The first-order valence-electron chi connectivity index (χ1n) is 19.4. The molecule has 265 valence electrons. The lowest BCUT2D eigenvalue weighted by Gasteiger charge is -2.23. The van der Waals surface area contributed by atoms with Crippen LogP contribution in [0.5, 0.6) is 0 Å². The molecule has 0 fully saturated rings. The molecule has 0 unspecified atom stereocenters. The van der Waals surface area contributed by atoms with Crippen molar-refractivity contribution < 1.29 is 0 Å². The maximum absolute atomic E-state index is 2.40. The Hall–Kier alpha value is -7.02. The van der Waals surface area contributed by atoms with Crippen molar-refractivity contribution >= 4 is 0 Å². The van der Waals surface area contributed by atoms with Crippen LogP contribution in [0.15, 0.2) is 237 Å². The molecule has 56 heavy (non-hydrogen) atoms. The SMILES string of the molecule is c1ccc(-c2cc(C[C](c3cc(-c4ccccc4)cc(-c4ccccc4)c3)c3cc(-c4ccccc4)cc(-c4ccccc4)c3)cc(-c3ccccc3)c2)cc1. The highest BCUT2D eigenvalue weighted by atomic mass is 14.2. The van der Waals surface area contributed by atoms with Crippen LogP contribution in [-0.4, -0.2) is 0 Å². The van der Waals surface area contributed by atoms with E-state index in [1.165, 1.54) is 89.4 Å². The molecule has 0 spiro atoms. The lowest BCUT2D eigenvalue weighted by atomic mass is 9.80. The van der Waals surface area contributed by atoms with Gasteiger partial charge in [0.1, 0.15) is 0 Å². The van der Waals surface area contributed by atoms with Crippen LogP contribution in [-0.2, 0) is 6.42 Å². The third-order valence-corrected chi connectivity index (χ3v) is 10.6. The average molecular weight is 714 g/mol. The van der Waals surface area contributed by atoms with E-state index in [1.54, 1.807) is 0 Å². The monoisotopic (exact) mass is 713 g/mol. The summed E-state index contributed by atoms with van der Waals surface area (Å²) in [5.74, 6) is 1.28. The van der Waals surface area contributed by atoms with E-state index < -0.39 is 0 Å². The molecule has 0 bridgehead atoms. The second-order valence-electron chi connectivity index (χ2n) is 14.4. The van der Waals surface area contributed by atoms with Crippen molar-refractivity contribution in [2.75, 3.05) is 0 Å². The van der Waals surface area contributed by atoms with Crippen LogP contribution in [0.3, 0.4) is 0 Å². The molecule has 0 saturated carbocycles. The van der Waals surface area contributed by atoms with E-state index in [2.05, 4.69) is 237 Å². The molecular formula is C56H41. The van der Waals surface area contributed by atoms with Gasteiger partial charge in [-0.05, 0) is 108 Å². The normalized spacial score (nSPS) is 11.1. The highest BCUT2D eigenvalue weighted by Crippen LogP contribution is 2.40. The van der Waals surface area contributed by atoms with Crippen molar-refractivity contribution in [2.24, 2.45) is 0 Å². The molecule has 9 rings (SSSR count). The van der Waals surface area contributed by atoms with E-state index in [9.17, 15) is 0 Å². The first-order valence-corrected chi connectivity index (χ1v) is 19.4. The van der Waals surface area contributed by atoms with Crippen molar-refractivity contribution in [3.8, 4) is 66.8 Å². The Morgan fingerprint density at radius 2 is 0.429 bits per heavy atom. The summed E-state index contributed by atoms with van der Waals surface area (Å²) < 4.78 is 0. The third kappa shape index (κ3) is 7.78. The van der Waals surface area contributed by atoms with Crippen molar-refractivity contribution in [3.05, 3.63) is 259 Å². The lowest BCUT2D eigenvalue weighted by Crippen LogP contribution is -2.08. The molecule has 0 atom stereocenters. The number of hydrogen-bond acceptors (Lipinski definition) is 0. The van der Waals surface area contributed by atoms with Gasteiger partial charge in [-0.1, -0.05) is 218 Å². The van der Waals surface area contributed by atoms with Gasteiger partial charge in [-0.25, -0.2) is 0 Å². The molecule has 0 aliphatic rings. The molecule has 0 amide bonds. The zero-order valence-electron chi connectivity index (χ0n) is 31.2. The zero-order chi connectivity index (χ0) is 37.5. The second-order valence-corrected chi connectivity index (χ2v) is 14.4. The first-order chi connectivity index (χ1) is 27.7. The predicted octanol–water partition coefficient (Wildman–Crippen LogP) is 14.9. The molecule has 0 aliphatic carbocycles. The molecule has 0 heteroatoms. The molecule has 0 aliphatic heterocycles. The standard InChI is InChI=1S/C56H41/c1-7-19-42(20-8-1)48-31-41(32-49(34-48)43-21-9-2-10-22-43)33-56(54-37-50(44-23-11-3-12-24-44)35-51(38-54)45-25-13-4-14-26-45)55-39-52(46-27-15-5-16-28-46)36-53(40-55)47-29-17-6-18-30-47/h1-32,34-40H,33H2. The molecule has 0 nitrogen and oxygen atoms in total. The molecular weight excluding hydrogens is 673 g/mol. The number of rotatable bonds is 10. The van der Waals surface area contributed by atoms with E-state index in [-0.39, 0.29) is 0 Å². The fraction of sp³-hybridized carbons (Fsp3) is 0.0179. The smallest absolute Gasteiger partial charge is 0.0384 e. The van der Waals surface area contributed by atoms with Gasteiger partial charge in [-0.15, -0.1) is 0 Å². The average Bonchev–Trinajstić information content (AvgIpc) is 3.29. The Balaban J connectivity index is 1.29. The van der Waals surface area contributed by atoms with Crippen LogP contribution in [0.25, 0.3) is 66.8 Å². The van der Waals surface area contributed by atoms with Gasteiger partial charge in [0.15, 0.2) is 0 Å². The summed E-state index contributed by atoms with van der Waals surface area (Å²) in [5, 5.41) is 0. The van der Waals surface area contributed by atoms with Crippen LogP contribution >= 0.6 is 0 Å². The van der Waals surface area contributed by atoms with Gasteiger partial charge < -0.3 is 0 Å². The molecule has 9 aromatic carbocycles. The van der Waals surface area contributed by atoms with Gasteiger partial charge in [0, 0.05) is 5.92 Å². The zero-order valence-corrected chi connectivity index (χ0v) is 31.2. The Bertz CT molecular complexity index is 2370. The first kappa shape index (κ1) is 34.7. The maximum atomic E-state index is 2.40. The Labute approximate surface area is 331 Å². The van der Waals surface area contributed by atoms with E-state index in [1.807, 2.05) is 0 Å². The van der Waals surface area contributed by atoms with Gasteiger partial charge in [0.25, 0.3) is 0 Å². The molecule has 0 heterocycles. The minimum atomic E-state index is 0.736. The van der Waals surface area contributed by atoms with E-state index >= 15 is 0 Å². The predicted molar refractivity (Wildman–Crippen MR) is 237 cm³/mol. The van der Waals surface area contributed by atoms with Crippen molar-refractivity contribution in [3.63, 3.8) is 0 Å². The maximum Gasteiger partial charge on any atom is 0.0384 e. The van der Waals surface area contributed by atoms with Crippen LogP contribution in [0.1, 0.15) is 16.7 Å². The molecule has 0 aromatic heterocycles. The van der Waals surface area contributed by atoms with Crippen molar-refractivity contribution in [1.82, 2.24) is 0 Å². The van der Waals surface area contributed by atoms with Crippen LogP contribution in [0, 0.1) is 5.92 Å². The summed E-state index contributed by atoms with van der Waals surface area (Å²) >= 11 is 0. The van der Waals surface area contributed by atoms with E-state index in [0.29, 0.717) is 0 Å². The Morgan fingerprint density at radius 1 is 0.214 bits per heavy atom. The summed E-state index contributed by atoms with van der Waals surface area (Å²) in [7, 11) is 0. The van der Waals surface area contributed by atoms with E-state index in [0.717, 1.165) is 6.42 Å². The summed E-state index contributed by atoms with van der Waals surface area (Å²) in [4.78, 5) is 0. The quantitative estimate of drug-likeness (QED) is 0.132. The van der Waals surface area contributed by atoms with Crippen LogP contribution < -0.4 is 0 Å². The van der Waals surface area contributed by atoms with Gasteiger partial charge in [0.2, 0.25) is 0 Å². The summed E-state index contributed by atoms with van der Waals surface area (Å²) in [6, 6.07) is 86.0. The topological polar surface area (TPSA) is 0 Å². The van der Waals surface area contributed by atoms with Crippen molar-refractivity contribution in [1.29, 1.82) is 0 Å².